The van der Waals surface area contributed by atoms with Crippen LogP contribution in [0.4, 0.5) is 0 Å². The van der Waals surface area contributed by atoms with Crippen molar-refractivity contribution in [3.8, 4) is 5.75 Å². The largest absolute Gasteiger partial charge is 0.497 e. The maximum Gasteiger partial charge on any atom is 0.221 e. The second kappa shape index (κ2) is 11.0. The van der Waals surface area contributed by atoms with E-state index in [0.717, 1.165) is 24.2 Å². The van der Waals surface area contributed by atoms with Crippen LogP contribution in [0.2, 0.25) is 0 Å². The quantitative estimate of drug-likeness (QED) is 0.702. The average Bonchev–Trinajstić information content (AvgIpc) is 2.68. The Balaban J connectivity index is 1.70. The second-order valence-corrected chi connectivity index (χ2v) is 6.44. The van der Waals surface area contributed by atoms with Crippen LogP contribution in [0.15, 0.2) is 54.6 Å². The fourth-order valence-corrected chi connectivity index (χ4v) is 2.83. The van der Waals surface area contributed by atoms with Gasteiger partial charge in [-0.2, -0.15) is 0 Å². The van der Waals surface area contributed by atoms with E-state index in [1.807, 2.05) is 54.6 Å². The summed E-state index contributed by atoms with van der Waals surface area (Å²) in [6, 6.07) is 17.9. The molecule has 0 aromatic heterocycles. The smallest absolute Gasteiger partial charge is 0.221 e. The van der Waals surface area contributed by atoms with Gasteiger partial charge >= 0.3 is 0 Å². The van der Waals surface area contributed by atoms with Gasteiger partial charge in [0.1, 0.15) is 5.75 Å². The first kappa shape index (κ1) is 20.5. The molecule has 2 rings (SSSR count). The van der Waals surface area contributed by atoms with Crippen LogP contribution in [0.5, 0.6) is 5.75 Å². The van der Waals surface area contributed by atoms with Crippen LogP contribution in [0.25, 0.3) is 0 Å². The molecule has 0 aliphatic carbocycles. The lowest BCUT2D eigenvalue weighted by molar-refractivity contribution is -0.129. The number of methoxy groups -OCH3 is 1. The van der Waals surface area contributed by atoms with Gasteiger partial charge in [0.15, 0.2) is 0 Å². The molecule has 0 fully saturated rings. The van der Waals surface area contributed by atoms with Crippen molar-refractivity contribution >= 4 is 11.8 Å². The van der Waals surface area contributed by atoms with Gasteiger partial charge < -0.3 is 15.0 Å². The van der Waals surface area contributed by atoms with E-state index in [1.54, 1.807) is 18.9 Å². The van der Waals surface area contributed by atoms with Crippen LogP contribution < -0.4 is 10.1 Å². The molecule has 0 atom stereocenters. The van der Waals surface area contributed by atoms with E-state index in [1.165, 1.54) is 5.56 Å². The minimum absolute atomic E-state index is 0.00453. The van der Waals surface area contributed by atoms with Crippen molar-refractivity contribution in [1.82, 2.24) is 10.2 Å². The highest BCUT2D eigenvalue weighted by Gasteiger charge is 2.11. The van der Waals surface area contributed by atoms with Gasteiger partial charge in [-0.1, -0.05) is 42.5 Å². The summed E-state index contributed by atoms with van der Waals surface area (Å²) in [7, 11) is 1.64. The normalized spacial score (nSPS) is 10.3. The van der Waals surface area contributed by atoms with Crippen molar-refractivity contribution in [3.05, 3.63) is 65.7 Å². The third-order valence-electron chi connectivity index (χ3n) is 4.44. The molecule has 2 aromatic rings. The molecule has 0 spiro atoms. The first-order valence-electron chi connectivity index (χ1n) is 9.27. The zero-order chi connectivity index (χ0) is 19.5. The Morgan fingerprint density at radius 1 is 0.963 bits per heavy atom. The van der Waals surface area contributed by atoms with Crippen LogP contribution in [-0.2, 0) is 22.4 Å². The molecule has 27 heavy (non-hydrogen) atoms. The Morgan fingerprint density at radius 3 is 2.41 bits per heavy atom. The van der Waals surface area contributed by atoms with Gasteiger partial charge in [0, 0.05) is 33.0 Å². The molecule has 0 aliphatic rings. The maximum atomic E-state index is 12.1. The van der Waals surface area contributed by atoms with Gasteiger partial charge in [0.2, 0.25) is 11.8 Å². The highest BCUT2D eigenvalue weighted by molar-refractivity contribution is 5.78. The van der Waals surface area contributed by atoms with E-state index in [2.05, 4.69) is 5.32 Å². The maximum absolute atomic E-state index is 12.1. The predicted molar refractivity (Wildman–Crippen MR) is 107 cm³/mol. The van der Waals surface area contributed by atoms with Crippen molar-refractivity contribution in [2.45, 2.75) is 26.2 Å². The molecule has 0 saturated heterocycles. The van der Waals surface area contributed by atoms with Crippen LogP contribution in [-0.4, -0.2) is 43.5 Å². The fourth-order valence-electron chi connectivity index (χ4n) is 2.83. The number of rotatable bonds is 10. The van der Waals surface area contributed by atoms with Gasteiger partial charge in [-0.15, -0.1) is 0 Å². The summed E-state index contributed by atoms with van der Waals surface area (Å²) in [4.78, 5) is 25.6. The Morgan fingerprint density at radius 2 is 1.70 bits per heavy atom. The lowest BCUT2D eigenvalue weighted by Crippen LogP contribution is -2.35. The number of carbonyl (C=O) groups is 2. The summed E-state index contributed by atoms with van der Waals surface area (Å²) < 4.78 is 5.20. The van der Waals surface area contributed by atoms with Crippen LogP contribution >= 0.6 is 0 Å². The van der Waals surface area contributed by atoms with Crippen molar-refractivity contribution in [2.24, 2.45) is 0 Å². The molecule has 2 amide bonds. The lowest BCUT2D eigenvalue weighted by atomic mass is 10.1. The minimum Gasteiger partial charge on any atom is -0.497 e. The Bertz CT molecular complexity index is 731. The summed E-state index contributed by atoms with van der Waals surface area (Å²) in [6.07, 6.45) is 1.84. The molecule has 1 N–H and O–H groups in total. The fraction of sp³-hybridized carbons (Fsp3) is 0.364. The number of hydrogen-bond acceptors (Lipinski definition) is 3. The Kier molecular flexibility index (Phi) is 8.36. The zero-order valence-electron chi connectivity index (χ0n) is 16.1. The molecule has 5 nitrogen and oxygen atoms in total. The van der Waals surface area contributed by atoms with E-state index in [-0.39, 0.29) is 11.8 Å². The summed E-state index contributed by atoms with van der Waals surface area (Å²) in [5.74, 6) is 0.772. The van der Waals surface area contributed by atoms with Crippen molar-refractivity contribution in [2.75, 3.05) is 26.7 Å². The van der Waals surface area contributed by atoms with Gasteiger partial charge in [0.25, 0.3) is 0 Å². The van der Waals surface area contributed by atoms with E-state index >= 15 is 0 Å². The molecular weight excluding hydrogens is 340 g/mol. The standard InChI is InChI=1S/C22H28N2O3/c1-18(25)24(15-12-19-7-4-3-5-8-19)16-13-22(26)23-14-11-20-9-6-10-21(17-20)27-2/h3-10,17H,11-16H2,1-2H3,(H,23,26). The second-order valence-electron chi connectivity index (χ2n) is 6.44. The molecule has 0 saturated carbocycles. The molecule has 0 radical (unpaired) electrons. The number of amides is 2. The van der Waals surface area contributed by atoms with E-state index < -0.39 is 0 Å². The van der Waals surface area contributed by atoms with Gasteiger partial charge in [0.05, 0.1) is 7.11 Å². The minimum atomic E-state index is -0.0381. The first-order valence-corrected chi connectivity index (χ1v) is 9.27. The lowest BCUT2D eigenvalue weighted by Gasteiger charge is -2.21. The first-order chi connectivity index (χ1) is 13.1. The van der Waals surface area contributed by atoms with Crippen LogP contribution in [0.1, 0.15) is 24.5 Å². The van der Waals surface area contributed by atoms with Crippen molar-refractivity contribution < 1.29 is 14.3 Å². The molecule has 144 valence electrons. The number of carbonyl (C=O) groups excluding carboxylic acids is 2. The topological polar surface area (TPSA) is 58.6 Å². The molecule has 5 heteroatoms. The SMILES string of the molecule is COc1cccc(CCNC(=O)CCN(CCc2ccccc2)C(C)=O)c1. The van der Waals surface area contributed by atoms with Crippen LogP contribution in [0.3, 0.4) is 0 Å². The molecule has 0 aliphatic heterocycles. The number of ether oxygens (including phenoxy) is 1. The Labute approximate surface area is 161 Å². The van der Waals surface area contributed by atoms with Crippen LogP contribution in [0, 0.1) is 0 Å². The molecular formula is C22H28N2O3. The van der Waals surface area contributed by atoms with Crippen molar-refractivity contribution in [1.29, 1.82) is 0 Å². The Hall–Kier alpha value is -2.82. The molecule has 2 aromatic carbocycles. The van der Waals surface area contributed by atoms with E-state index in [0.29, 0.717) is 26.1 Å². The molecule has 0 unspecified atom stereocenters. The summed E-state index contributed by atoms with van der Waals surface area (Å²) in [5, 5.41) is 2.92. The third kappa shape index (κ3) is 7.52. The summed E-state index contributed by atoms with van der Waals surface area (Å²) >= 11 is 0. The number of benzene rings is 2. The molecule has 0 heterocycles. The zero-order valence-corrected chi connectivity index (χ0v) is 16.1. The summed E-state index contributed by atoms with van der Waals surface area (Å²) in [6.45, 7) is 3.17. The van der Waals surface area contributed by atoms with E-state index in [9.17, 15) is 9.59 Å². The van der Waals surface area contributed by atoms with Gasteiger partial charge in [-0.25, -0.2) is 0 Å². The highest BCUT2D eigenvalue weighted by Crippen LogP contribution is 2.12. The predicted octanol–water partition coefficient (Wildman–Crippen LogP) is 2.84. The number of hydrogen-bond donors (Lipinski definition) is 1. The van der Waals surface area contributed by atoms with E-state index in [4.69, 9.17) is 4.74 Å². The summed E-state index contributed by atoms with van der Waals surface area (Å²) in [5.41, 5.74) is 2.30. The number of nitrogens with zero attached hydrogens (tertiary/aromatic N) is 1. The monoisotopic (exact) mass is 368 g/mol. The average molecular weight is 368 g/mol. The van der Waals surface area contributed by atoms with Gasteiger partial charge in [-0.3, -0.25) is 9.59 Å². The highest BCUT2D eigenvalue weighted by atomic mass is 16.5. The van der Waals surface area contributed by atoms with Gasteiger partial charge in [-0.05, 0) is 36.1 Å². The molecule has 0 bridgehead atoms. The third-order valence-corrected chi connectivity index (χ3v) is 4.44. The van der Waals surface area contributed by atoms with Crippen molar-refractivity contribution in [3.63, 3.8) is 0 Å². The number of nitrogens with one attached hydrogen (secondary N) is 1.